The molecule has 0 saturated carbocycles. The molecule has 0 unspecified atom stereocenters. The molecule has 0 radical (unpaired) electrons. The van der Waals surface area contributed by atoms with Crippen molar-refractivity contribution in [3.05, 3.63) is 35.6 Å². The number of nitrogens with one attached hydrogen (secondary N) is 3. The number of halogens is 1. The highest BCUT2D eigenvalue weighted by molar-refractivity contribution is 5.90. The molecule has 0 aromatic heterocycles. The molecule has 23 heavy (non-hydrogen) atoms. The van der Waals surface area contributed by atoms with E-state index in [-0.39, 0.29) is 23.8 Å². The van der Waals surface area contributed by atoms with Crippen molar-refractivity contribution >= 4 is 11.9 Å². The van der Waals surface area contributed by atoms with Crippen LogP contribution in [0.2, 0.25) is 0 Å². The first-order valence-electron chi connectivity index (χ1n) is 7.92. The Labute approximate surface area is 134 Å². The zero-order valence-corrected chi connectivity index (χ0v) is 12.8. The summed E-state index contributed by atoms with van der Waals surface area (Å²) in [5.41, 5.74) is 1.09. The van der Waals surface area contributed by atoms with E-state index < -0.39 is 6.04 Å². The second-order valence-electron chi connectivity index (χ2n) is 6.09. The highest BCUT2D eigenvalue weighted by Gasteiger charge is 2.29. The Balaban J connectivity index is 1.42. The maximum Gasteiger partial charge on any atom is 0.315 e. The predicted octanol–water partition coefficient (Wildman–Crippen LogP) is 0.588. The molecule has 0 aliphatic carbocycles. The fourth-order valence-corrected chi connectivity index (χ4v) is 3.00. The number of rotatable bonds is 4. The number of hydrogen-bond acceptors (Lipinski definition) is 3. The van der Waals surface area contributed by atoms with Gasteiger partial charge in [0.2, 0.25) is 5.91 Å². The second kappa shape index (κ2) is 6.95. The zero-order valence-electron chi connectivity index (χ0n) is 12.8. The Hall–Kier alpha value is -2.15. The topological polar surface area (TPSA) is 73.5 Å². The summed E-state index contributed by atoms with van der Waals surface area (Å²) in [5.74, 6) is -0.344. The highest BCUT2D eigenvalue weighted by Crippen LogP contribution is 2.14. The Morgan fingerprint density at radius 2 is 1.96 bits per heavy atom. The van der Waals surface area contributed by atoms with Crippen LogP contribution in [0.5, 0.6) is 0 Å². The zero-order chi connectivity index (χ0) is 16.2. The maximum atomic E-state index is 12.9. The van der Waals surface area contributed by atoms with Crippen LogP contribution in [0.25, 0.3) is 0 Å². The Kier molecular flexibility index (Phi) is 4.76. The summed E-state index contributed by atoms with van der Waals surface area (Å²) in [6, 6.07) is 5.94. The van der Waals surface area contributed by atoms with Crippen LogP contribution in [0, 0.1) is 5.82 Å². The molecule has 0 spiro atoms. The third kappa shape index (κ3) is 4.19. The molecule has 6 nitrogen and oxygen atoms in total. The fraction of sp³-hybridized carbons (Fsp3) is 0.500. The van der Waals surface area contributed by atoms with Gasteiger partial charge in [0.25, 0.3) is 0 Å². The summed E-state index contributed by atoms with van der Waals surface area (Å²) < 4.78 is 12.9. The summed E-state index contributed by atoms with van der Waals surface area (Å²) in [4.78, 5) is 25.4. The first-order chi connectivity index (χ1) is 11.1. The van der Waals surface area contributed by atoms with E-state index in [1.807, 2.05) is 0 Å². The number of nitrogens with zero attached hydrogens (tertiary/aromatic N) is 1. The summed E-state index contributed by atoms with van der Waals surface area (Å²) >= 11 is 0. The van der Waals surface area contributed by atoms with E-state index >= 15 is 0 Å². The van der Waals surface area contributed by atoms with Crippen LogP contribution in [0.4, 0.5) is 9.18 Å². The van der Waals surface area contributed by atoms with E-state index in [0.29, 0.717) is 6.54 Å². The molecule has 1 aromatic carbocycles. The van der Waals surface area contributed by atoms with Crippen LogP contribution in [0.1, 0.15) is 18.4 Å². The van der Waals surface area contributed by atoms with E-state index in [2.05, 4.69) is 20.9 Å². The molecule has 1 atom stereocenters. The SMILES string of the molecule is O=C1NC[C@@H](C(=O)NC2CCN(Cc3ccc(F)cc3)CC2)N1. The molecule has 1 aromatic rings. The van der Waals surface area contributed by atoms with Gasteiger partial charge in [-0.1, -0.05) is 12.1 Å². The maximum absolute atomic E-state index is 12.9. The third-order valence-electron chi connectivity index (χ3n) is 4.34. The minimum absolute atomic E-state index is 0.125. The minimum Gasteiger partial charge on any atom is -0.351 e. The van der Waals surface area contributed by atoms with Gasteiger partial charge in [-0.2, -0.15) is 0 Å². The summed E-state index contributed by atoms with van der Waals surface area (Å²) in [6.07, 6.45) is 1.75. The van der Waals surface area contributed by atoms with Crippen LogP contribution in [-0.2, 0) is 11.3 Å². The summed E-state index contributed by atoms with van der Waals surface area (Å²) in [6.45, 7) is 2.91. The summed E-state index contributed by atoms with van der Waals surface area (Å²) in [7, 11) is 0. The molecule has 2 aliphatic heterocycles. The molecule has 2 fully saturated rings. The number of urea groups is 1. The molecule has 2 heterocycles. The van der Waals surface area contributed by atoms with E-state index in [1.165, 1.54) is 12.1 Å². The quantitative estimate of drug-likeness (QED) is 0.760. The lowest BCUT2D eigenvalue weighted by Gasteiger charge is -2.32. The lowest BCUT2D eigenvalue weighted by Crippen LogP contribution is -2.50. The van der Waals surface area contributed by atoms with Gasteiger partial charge in [0.1, 0.15) is 11.9 Å². The van der Waals surface area contributed by atoms with Crippen LogP contribution >= 0.6 is 0 Å². The fourth-order valence-electron chi connectivity index (χ4n) is 3.00. The smallest absolute Gasteiger partial charge is 0.315 e. The van der Waals surface area contributed by atoms with E-state index in [1.54, 1.807) is 12.1 Å². The number of amides is 3. The van der Waals surface area contributed by atoms with Gasteiger partial charge in [-0.3, -0.25) is 9.69 Å². The molecule has 3 N–H and O–H groups in total. The second-order valence-corrected chi connectivity index (χ2v) is 6.09. The average molecular weight is 320 g/mol. The number of benzene rings is 1. The van der Waals surface area contributed by atoms with Gasteiger partial charge >= 0.3 is 6.03 Å². The molecule has 3 rings (SSSR count). The van der Waals surface area contributed by atoms with E-state index in [4.69, 9.17) is 0 Å². The third-order valence-corrected chi connectivity index (χ3v) is 4.34. The first kappa shape index (κ1) is 15.7. The van der Waals surface area contributed by atoms with Gasteiger partial charge in [0.05, 0.1) is 0 Å². The highest BCUT2D eigenvalue weighted by atomic mass is 19.1. The normalized spacial score (nSPS) is 22.5. The molecular weight excluding hydrogens is 299 g/mol. The molecule has 3 amide bonds. The van der Waals surface area contributed by atoms with Crippen molar-refractivity contribution in [2.75, 3.05) is 19.6 Å². The Morgan fingerprint density at radius 3 is 2.57 bits per heavy atom. The molecule has 7 heteroatoms. The van der Waals surface area contributed by atoms with Gasteiger partial charge in [0.15, 0.2) is 0 Å². The monoisotopic (exact) mass is 320 g/mol. The number of hydrogen-bond donors (Lipinski definition) is 3. The van der Waals surface area contributed by atoms with Crippen molar-refractivity contribution in [2.24, 2.45) is 0 Å². The average Bonchev–Trinajstić information content (AvgIpc) is 2.98. The van der Waals surface area contributed by atoms with Gasteiger partial charge in [-0.25, -0.2) is 9.18 Å². The Morgan fingerprint density at radius 1 is 1.26 bits per heavy atom. The Bertz CT molecular complexity index is 570. The van der Waals surface area contributed by atoms with Crippen LogP contribution < -0.4 is 16.0 Å². The number of likely N-dealkylation sites (tertiary alicyclic amines) is 1. The van der Waals surface area contributed by atoms with Crippen LogP contribution in [-0.4, -0.2) is 48.6 Å². The van der Waals surface area contributed by atoms with Crippen molar-refractivity contribution < 1.29 is 14.0 Å². The number of carbonyl (C=O) groups is 2. The van der Waals surface area contributed by atoms with Crippen molar-refractivity contribution in [3.63, 3.8) is 0 Å². The summed E-state index contributed by atoms with van der Waals surface area (Å²) in [5, 5.41) is 8.17. The standard InChI is InChI=1S/C16H21FN4O2/c17-12-3-1-11(2-4-12)10-21-7-5-13(6-8-21)19-15(22)14-9-18-16(23)20-14/h1-4,13-14H,5-10H2,(H,19,22)(H2,18,20,23)/t14-/m0/s1. The largest absolute Gasteiger partial charge is 0.351 e. The first-order valence-corrected chi connectivity index (χ1v) is 7.92. The molecular formula is C16H21FN4O2. The lowest BCUT2D eigenvalue weighted by molar-refractivity contribution is -0.123. The van der Waals surface area contributed by atoms with Crippen LogP contribution in [0.15, 0.2) is 24.3 Å². The van der Waals surface area contributed by atoms with Gasteiger partial charge < -0.3 is 16.0 Å². The molecule has 2 saturated heterocycles. The van der Waals surface area contributed by atoms with Crippen molar-refractivity contribution in [1.82, 2.24) is 20.9 Å². The number of carbonyl (C=O) groups excluding carboxylic acids is 2. The van der Waals surface area contributed by atoms with Crippen LogP contribution in [0.3, 0.4) is 0 Å². The molecule has 2 aliphatic rings. The molecule has 0 bridgehead atoms. The lowest BCUT2D eigenvalue weighted by atomic mass is 10.0. The molecule has 124 valence electrons. The van der Waals surface area contributed by atoms with Crippen molar-refractivity contribution in [1.29, 1.82) is 0 Å². The van der Waals surface area contributed by atoms with Gasteiger partial charge in [-0.05, 0) is 30.5 Å². The van der Waals surface area contributed by atoms with Gasteiger partial charge in [-0.15, -0.1) is 0 Å². The minimum atomic E-state index is -0.472. The van der Waals surface area contributed by atoms with E-state index in [9.17, 15) is 14.0 Å². The van der Waals surface area contributed by atoms with Crippen molar-refractivity contribution in [3.8, 4) is 0 Å². The van der Waals surface area contributed by atoms with Gasteiger partial charge in [0, 0.05) is 32.2 Å². The number of piperidine rings is 1. The van der Waals surface area contributed by atoms with Crippen molar-refractivity contribution in [2.45, 2.75) is 31.5 Å². The van der Waals surface area contributed by atoms with E-state index in [0.717, 1.165) is 38.0 Å². The predicted molar refractivity (Wildman–Crippen MR) is 83.2 cm³/mol.